The summed E-state index contributed by atoms with van der Waals surface area (Å²) in [6.07, 6.45) is -0.176. The number of aliphatic hydroxyl groups excluding tert-OH is 1. The second-order valence-corrected chi connectivity index (χ2v) is 8.51. The fourth-order valence-corrected chi connectivity index (χ4v) is 4.53. The maximum Gasteiger partial charge on any atom is 0.243 e. The van der Waals surface area contributed by atoms with Crippen LogP contribution in [0.2, 0.25) is 0 Å². The number of anilines is 1. The van der Waals surface area contributed by atoms with Crippen molar-refractivity contribution in [3.8, 4) is 0 Å². The van der Waals surface area contributed by atoms with Crippen LogP contribution in [0.25, 0.3) is 0 Å². The SMILES string of the molecule is CN1CCN(S(=O)(=O)c2cccc(NC(=O)C3CC(O)CN3)c2)CC1.Cl.Cl. The van der Waals surface area contributed by atoms with Gasteiger partial charge in [0.25, 0.3) is 0 Å². The summed E-state index contributed by atoms with van der Waals surface area (Å²) in [5.41, 5.74) is 0.434. The lowest BCUT2D eigenvalue weighted by atomic mass is 10.2. The minimum absolute atomic E-state index is 0. The molecule has 1 amide bonds. The van der Waals surface area contributed by atoms with Crippen molar-refractivity contribution in [2.75, 3.05) is 45.1 Å². The fourth-order valence-electron chi connectivity index (χ4n) is 3.06. The van der Waals surface area contributed by atoms with Crippen molar-refractivity contribution in [3.63, 3.8) is 0 Å². The summed E-state index contributed by atoms with van der Waals surface area (Å²) in [5.74, 6) is -0.273. The largest absolute Gasteiger partial charge is 0.392 e. The zero-order chi connectivity index (χ0) is 18.0. The third-order valence-electron chi connectivity index (χ3n) is 4.63. The summed E-state index contributed by atoms with van der Waals surface area (Å²) < 4.78 is 27.0. The van der Waals surface area contributed by atoms with Crippen LogP contribution in [0.5, 0.6) is 0 Å². The van der Waals surface area contributed by atoms with Gasteiger partial charge in [0.15, 0.2) is 0 Å². The number of carbonyl (C=O) groups is 1. The molecule has 8 nitrogen and oxygen atoms in total. The number of hydrogen-bond donors (Lipinski definition) is 3. The number of piperazine rings is 1. The number of nitrogens with one attached hydrogen (secondary N) is 2. The molecule has 1 aromatic rings. The molecule has 2 aliphatic heterocycles. The van der Waals surface area contributed by atoms with Gasteiger partial charge in [0.2, 0.25) is 15.9 Å². The van der Waals surface area contributed by atoms with Gasteiger partial charge in [0.1, 0.15) is 0 Å². The molecule has 2 saturated heterocycles. The van der Waals surface area contributed by atoms with Crippen molar-refractivity contribution in [2.45, 2.75) is 23.5 Å². The first-order valence-corrected chi connectivity index (χ1v) is 9.81. The molecular weight excluding hydrogens is 415 g/mol. The average Bonchev–Trinajstić information content (AvgIpc) is 3.02. The third kappa shape index (κ3) is 5.77. The summed E-state index contributed by atoms with van der Waals surface area (Å²) in [5, 5.41) is 15.2. The average molecular weight is 441 g/mol. The van der Waals surface area contributed by atoms with E-state index < -0.39 is 22.2 Å². The molecule has 1 aromatic carbocycles. The molecule has 3 rings (SSSR count). The molecule has 0 aliphatic carbocycles. The van der Waals surface area contributed by atoms with Gasteiger partial charge in [-0.05, 0) is 31.7 Å². The van der Waals surface area contributed by atoms with E-state index in [1.165, 1.54) is 10.4 Å². The Balaban J connectivity index is 0.00000182. The van der Waals surface area contributed by atoms with E-state index in [1.54, 1.807) is 18.2 Å². The number of rotatable bonds is 4. The van der Waals surface area contributed by atoms with Crippen LogP contribution in [-0.2, 0) is 14.8 Å². The van der Waals surface area contributed by atoms with Gasteiger partial charge in [0, 0.05) is 38.4 Å². The molecule has 0 aromatic heterocycles. The Morgan fingerprint density at radius 2 is 1.89 bits per heavy atom. The number of carbonyl (C=O) groups excluding carboxylic acids is 1. The maximum absolute atomic E-state index is 12.8. The van der Waals surface area contributed by atoms with E-state index in [-0.39, 0.29) is 35.6 Å². The first-order valence-electron chi connectivity index (χ1n) is 8.37. The van der Waals surface area contributed by atoms with E-state index in [2.05, 4.69) is 15.5 Å². The van der Waals surface area contributed by atoms with Crippen LogP contribution in [0, 0.1) is 0 Å². The topological polar surface area (TPSA) is 102 Å². The number of hydrogen-bond acceptors (Lipinski definition) is 6. The Hall–Kier alpha value is -0.940. The molecule has 154 valence electrons. The van der Waals surface area contributed by atoms with Gasteiger partial charge in [-0.25, -0.2) is 8.42 Å². The lowest BCUT2D eigenvalue weighted by molar-refractivity contribution is -0.117. The Labute approximate surface area is 172 Å². The Bertz CT molecular complexity index is 742. The molecule has 11 heteroatoms. The van der Waals surface area contributed by atoms with Crippen LogP contribution >= 0.6 is 24.8 Å². The third-order valence-corrected chi connectivity index (χ3v) is 6.52. The van der Waals surface area contributed by atoms with E-state index in [9.17, 15) is 18.3 Å². The van der Waals surface area contributed by atoms with E-state index >= 15 is 0 Å². The van der Waals surface area contributed by atoms with Crippen molar-refractivity contribution in [1.82, 2.24) is 14.5 Å². The van der Waals surface area contributed by atoms with Gasteiger partial charge in [-0.3, -0.25) is 4.79 Å². The maximum atomic E-state index is 12.8. The van der Waals surface area contributed by atoms with Crippen LogP contribution in [0.1, 0.15) is 6.42 Å². The van der Waals surface area contributed by atoms with Gasteiger partial charge in [-0.2, -0.15) is 4.31 Å². The van der Waals surface area contributed by atoms with Crippen molar-refractivity contribution < 1.29 is 18.3 Å². The Morgan fingerprint density at radius 3 is 2.48 bits per heavy atom. The standard InChI is InChI=1S/C16H24N4O4S.2ClH/c1-19-5-7-20(8-6-19)25(23,24)14-4-2-3-12(9-14)18-16(22)15-10-13(21)11-17-15;;/h2-4,9,13,15,17,21H,5-8,10-11H2,1H3,(H,18,22);2*1H. The monoisotopic (exact) mass is 440 g/mol. The zero-order valence-corrected chi connectivity index (χ0v) is 17.4. The quantitative estimate of drug-likeness (QED) is 0.614. The summed E-state index contributed by atoms with van der Waals surface area (Å²) in [7, 11) is -1.61. The highest BCUT2D eigenvalue weighted by Crippen LogP contribution is 2.21. The van der Waals surface area contributed by atoms with Gasteiger partial charge in [-0.15, -0.1) is 24.8 Å². The van der Waals surface area contributed by atoms with E-state index in [1.807, 2.05) is 7.05 Å². The molecule has 2 atom stereocenters. The molecule has 0 bridgehead atoms. The van der Waals surface area contributed by atoms with Crippen molar-refractivity contribution in [3.05, 3.63) is 24.3 Å². The first-order chi connectivity index (χ1) is 11.9. The summed E-state index contributed by atoms with van der Waals surface area (Å²) in [6, 6.07) is 5.84. The number of β-amino-alcohol motifs (C(OH)–C–C–N with tert-alkyl or cyclic N) is 1. The number of likely N-dealkylation sites (N-methyl/N-ethyl adjacent to an activating group) is 1. The number of benzene rings is 1. The highest BCUT2D eigenvalue weighted by molar-refractivity contribution is 7.89. The lowest BCUT2D eigenvalue weighted by Gasteiger charge is -2.31. The van der Waals surface area contributed by atoms with Crippen LogP contribution in [0.4, 0.5) is 5.69 Å². The molecule has 27 heavy (non-hydrogen) atoms. The van der Waals surface area contributed by atoms with Crippen LogP contribution in [0.15, 0.2) is 29.2 Å². The molecule has 0 saturated carbocycles. The molecule has 3 N–H and O–H groups in total. The molecular formula is C16H26Cl2N4O4S. The highest BCUT2D eigenvalue weighted by atomic mass is 35.5. The van der Waals surface area contributed by atoms with Gasteiger partial charge < -0.3 is 20.6 Å². The second kappa shape index (κ2) is 10.0. The van der Waals surface area contributed by atoms with Crippen LogP contribution in [0.3, 0.4) is 0 Å². The number of nitrogens with zero attached hydrogens (tertiary/aromatic N) is 2. The molecule has 0 spiro atoms. The normalized spacial score (nSPS) is 23.9. The summed E-state index contributed by atoms with van der Waals surface area (Å²) in [6.45, 7) is 2.70. The first kappa shape index (κ1) is 24.1. The van der Waals surface area contributed by atoms with Crippen molar-refractivity contribution in [1.29, 1.82) is 0 Å². The number of amides is 1. The molecule has 0 radical (unpaired) electrons. The minimum atomic E-state index is -3.57. The number of sulfonamides is 1. The fraction of sp³-hybridized carbons (Fsp3) is 0.562. The Morgan fingerprint density at radius 1 is 1.22 bits per heavy atom. The van der Waals surface area contributed by atoms with Gasteiger partial charge in [0.05, 0.1) is 17.0 Å². The lowest BCUT2D eigenvalue weighted by Crippen LogP contribution is -2.47. The summed E-state index contributed by atoms with van der Waals surface area (Å²) >= 11 is 0. The molecule has 2 heterocycles. The number of aliphatic hydroxyl groups is 1. The van der Waals surface area contributed by atoms with Gasteiger partial charge in [-0.1, -0.05) is 6.07 Å². The second-order valence-electron chi connectivity index (χ2n) is 6.57. The molecule has 2 aliphatic rings. The molecule has 2 unspecified atom stereocenters. The smallest absolute Gasteiger partial charge is 0.243 e. The minimum Gasteiger partial charge on any atom is -0.392 e. The van der Waals surface area contributed by atoms with Crippen LogP contribution < -0.4 is 10.6 Å². The van der Waals surface area contributed by atoms with E-state index in [0.29, 0.717) is 44.8 Å². The van der Waals surface area contributed by atoms with Crippen molar-refractivity contribution in [2.24, 2.45) is 0 Å². The van der Waals surface area contributed by atoms with Crippen molar-refractivity contribution >= 4 is 46.4 Å². The van der Waals surface area contributed by atoms with E-state index in [0.717, 1.165) is 0 Å². The summed E-state index contributed by atoms with van der Waals surface area (Å²) in [4.78, 5) is 14.5. The predicted octanol–water partition coefficient (Wildman–Crippen LogP) is 0.128. The number of halogens is 2. The predicted molar refractivity (Wildman–Crippen MR) is 108 cm³/mol. The van der Waals surface area contributed by atoms with Gasteiger partial charge >= 0.3 is 0 Å². The van der Waals surface area contributed by atoms with E-state index in [4.69, 9.17) is 0 Å². The Kier molecular flexibility index (Phi) is 8.94. The van der Waals surface area contributed by atoms with Crippen LogP contribution in [-0.4, -0.2) is 80.6 Å². The zero-order valence-electron chi connectivity index (χ0n) is 15.0. The highest BCUT2D eigenvalue weighted by Gasteiger charge is 2.29. The molecule has 2 fully saturated rings.